The van der Waals surface area contributed by atoms with Gasteiger partial charge in [0.15, 0.2) is 0 Å². The molecule has 2 fully saturated rings. The van der Waals surface area contributed by atoms with Gasteiger partial charge in [-0.1, -0.05) is 13.8 Å². The summed E-state index contributed by atoms with van der Waals surface area (Å²) in [5, 5.41) is 13.6. The van der Waals surface area contributed by atoms with E-state index in [1.54, 1.807) is 0 Å². The highest BCUT2D eigenvalue weighted by atomic mass is 16.3. The predicted molar refractivity (Wildman–Crippen MR) is 80.8 cm³/mol. The van der Waals surface area contributed by atoms with Crippen molar-refractivity contribution in [1.29, 1.82) is 0 Å². The van der Waals surface area contributed by atoms with Gasteiger partial charge in [-0.2, -0.15) is 0 Å². The van der Waals surface area contributed by atoms with Crippen LogP contribution in [0.4, 0.5) is 5.69 Å². The van der Waals surface area contributed by atoms with Crippen LogP contribution in [-0.4, -0.2) is 41.4 Å². The van der Waals surface area contributed by atoms with E-state index >= 15 is 0 Å². The summed E-state index contributed by atoms with van der Waals surface area (Å²) >= 11 is 0. The van der Waals surface area contributed by atoms with Crippen LogP contribution in [0.2, 0.25) is 0 Å². The fraction of sp³-hybridized carbons (Fsp3) is 0.688. The molecule has 0 aromatic carbocycles. The predicted octanol–water partition coefficient (Wildman–Crippen LogP) is 1.80. The number of hydrogen-bond acceptors (Lipinski definition) is 4. The molecule has 2 heterocycles. The smallest absolute Gasteiger partial charge is 0.0621 e. The third-order valence-corrected chi connectivity index (χ3v) is 5.18. The van der Waals surface area contributed by atoms with Crippen LogP contribution >= 0.6 is 0 Å². The van der Waals surface area contributed by atoms with Crippen molar-refractivity contribution in [3.8, 4) is 0 Å². The maximum absolute atomic E-state index is 9.81. The minimum Gasteiger partial charge on any atom is -0.392 e. The van der Waals surface area contributed by atoms with Crippen LogP contribution < -0.4 is 10.2 Å². The van der Waals surface area contributed by atoms with Gasteiger partial charge in [0.2, 0.25) is 0 Å². The molecule has 0 bridgehead atoms. The molecular formula is C16H25N3O. The van der Waals surface area contributed by atoms with Crippen LogP contribution in [0.3, 0.4) is 0 Å². The Balaban J connectivity index is 1.50. The summed E-state index contributed by atoms with van der Waals surface area (Å²) in [5.74, 6) is 0. The monoisotopic (exact) mass is 275 g/mol. The van der Waals surface area contributed by atoms with Crippen LogP contribution in [0.25, 0.3) is 0 Å². The van der Waals surface area contributed by atoms with Crippen molar-refractivity contribution in [2.24, 2.45) is 5.41 Å². The fourth-order valence-electron chi connectivity index (χ4n) is 3.33. The van der Waals surface area contributed by atoms with Crippen LogP contribution in [0.1, 0.15) is 33.1 Å². The zero-order valence-electron chi connectivity index (χ0n) is 12.4. The number of anilines is 1. The zero-order valence-corrected chi connectivity index (χ0v) is 12.4. The first-order chi connectivity index (χ1) is 9.57. The van der Waals surface area contributed by atoms with Crippen LogP contribution in [0.5, 0.6) is 0 Å². The first-order valence-electron chi connectivity index (χ1n) is 7.66. The van der Waals surface area contributed by atoms with Crippen molar-refractivity contribution >= 4 is 5.69 Å². The Hall–Kier alpha value is -1.13. The fourth-order valence-corrected chi connectivity index (χ4v) is 3.33. The molecule has 20 heavy (non-hydrogen) atoms. The highest BCUT2D eigenvalue weighted by Gasteiger charge is 2.47. The summed E-state index contributed by atoms with van der Waals surface area (Å²) in [5.41, 5.74) is 1.31. The normalized spacial score (nSPS) is 30.1. The maximum atomic E-state index is 9.81. The molecule has 1 saturated carbocycles. The topological polar surface area (TPSA) is 48.4 Å². The molecule has 2 N–H and O–H groups in total. The number of rotatable bonds is 3. The average Bonchev–Trinajstić information content (AvgIpc) is 2.48. The highest BCUT2D eigenvalue weighted by Crippen LogP contribution is 2.41. The minimum atomic E-state index is -0.142. The van der Waals surface area contributed by atoms with E-state index in [9.17, 15) is 5.11 Å². The Kier molecular flexibility index (Phi) is 3.69. The molecule has 1 aromatic heterocycles. The second kappa shape index (κ2) is 5.34. The third kappa shape index (κ3) is 2.54. The Morgan fingerprint density at radius 3 is 2.45 bits per heavy atom. The molecule has 2 atom stereocenters. The number of aromatic nitrogens is 1. The van der Waals surface area contributed by atoms with Crippen molar-refractivity contribution in [3.63, 3.8) is 0 Å². The molecule has 4 heteroatoms. The lowest BCUT2D eigenvalue weighted by molar-refractivity contribution is -0.0765. The molecule has 2 unspecified atom stereocenters. The number of aliphatic hydroxyl groups is 1. The summed E-state index contributed by atoms with van der Waals surface area (Å²) in [6, 6.07) is 5.22. The van der Waals surface area contributed by atoms with Gasteiger partial charge in [-0.15, -0.1) is 0 Å². The van der Waals surface area contributed by atoms with E-state index in [4.69, 9.17) is 0 Å². The summed E-state index contributed by atoms with van der Waals surface area (Å²) in [6.07, 6.45) is 6.82. The maximum Gasteiger partial charge on any atom is 0.0621 e. The van der Waals surface area contributed by atoms with Gasteiger partial charge in [0.05, 0.1) is 6.10 Å². The van der Waals surface area contributed by atoms with Crippen molar-refractivity contribution in [2.75, 3.05) is 18.0 Å². The first-order valence-corrected chi connectivity index (χ1v) is 7.66. The number of nitrogens with zero attached hydrogens (tertiary/aromatic N) is 2. The molecule has 2 aliphatic rings. The average molecular weight is 275 g/mol. The summed E-state index contributed by atoms with van der Waals surface area (Å²) in [6.45, 7) is 6.50. The van der Waals surface area contributed by atoms with Crippen LogP contribution in [0.15, 0.2) is 24.5 Å². The summed E-state index contributed by atoms with van der Waals surface area (Å²) in [7, 11) is 0. The molecule has 1 aliphatic carbocycles. The lowest BCUT2D eigenvalue weighted by atomic mass is 9.64. The number of nitrogens with one attached hydrogen (secondary N) is 1. The van der Waals surface area contributed by atoms with Gasteiger partial charge in [0.25, 0.3) is 0 Å². The van der Waals surface area contributed by atoms with Crippen molar-refractivity contribution < 1.29 is 5.11 Å². The van der Waals surface area contributed by atoms with Gasteiger partial charge in [-0.3, -0.25) is 4.98 Å². The van der Waals surface area contributed by atoms with Crippen LogP contribution in [0, 0.1) is 5.41 Å². The molecule has 4 nitrogen and oxygen atoms in total. The molecule has 0 spiro atoms. The van der Waals surface area contributed by atoms with E-state index in [1.165, 1.54) is 18.5 Å². The van der Waals surface area contributed by atoms with Gasteiger partial charge in [0.1, 0.15) is 0 Å². The van der Waals surface area contributed by atoms with E-state index in [-0.39, 0.29) is 11.5 Å². The molecular weight excluding hydrogens is 250 g/mol. The standard InChI is InChI=1S/C16H25N3O/c1-16(2)14(11-15(16)20)18-12-5-9-19(10-6-12)13-3-7-17-8-4-13/h3-4,7-8,12,14-15,18,20H,5-6,9-11H2,1-2H3. The lowest BCUT2D eigenvalue weighted by Gasteiger charge is -2.51. The molecule has 0 amide bonds. The number of piperidine rings is 1. The van der Waals surface area contributed by atoms with E-state index < -0.39 is 0 Å². The first kappa shape index (κ1) is 13.8. The number of hydrogen-bond donors (Lipinski definition) is 2. The summed E-state index contributed by atoms with van der Waals surface area (Å²) in [4.78, 5) is 6.50. The van der Waals surface area contributed by atoms with E-state index in [2.05, 4.69) is 41.2 Å². The Morgan fingerprint density at radius 1 is 1.25 bits per heavy atom. The van der Waals surface area contributed by atoms with Gasteiger partial charge in [-0.05, 0) is 31.4 Å². The molecule has 1 saturated heterocycles. The molecule has 1 aliphatic heterocycles. The second-order valence-electron chi connectivity index (χ2n) is 6.76. The number of aliphatic hydroxyl groups excluding tert-OH is 1. The SMILES string of the molecule is CC1(C)C(O)CC1NC1CCN(c2ccncc2)CC1. The van der Waals surface area contributed by atoms with Crippen LogP contribution in [-0.2, 0) is 0 Å². The Bertz CT molecular complexity index is 440. The van der Waals surface area contributed by atoms with E-state index in [1.807, 2.05) is 12.4 Å². The van der Waals surface area contributed by atoms with Gasteiger partial charge in [-0.25, -0.2) is 0 Å². The van der Waals surface area contributed by atoms with Gasteiger partial charge >= 0.3 is 0 Å². The van der Waals surface area contributed by atoms with Crippen molar-refractivity contribution in [1.82, 2.24) is 10.3 Å². The van der Waals surface area contributed by atoms with Gasteiger partial charge < -0.3 is 15.3 Å². The summed E-state index contributed by atoms with van der Waals surface area (Å²) < 4.78 is 0. The van der Waals surface area contributed by atoms with E-state index in [0.29, 0.717) is 12.1 Å². The minimum absolute atomic E-state index is 0.0300. The number of pyridine rings is 1. The largest absolute Gasteiger partial charge is 0.392 e. The van der Waals surface area contributed by atoms with E-state index in [0.717, 1.165) is 19.5 Å². The van der Waals surface area contributed by atoms with Crippen molar-refractivity contribution in [2.45, 2.75) is 51.3 Å². The second-order valence-corrected chi connectivity index (χ2v) is 6.76. The lowest BCUT2D eigenvalue weighted by Crippen LogP contribution is -2.62. The molecule has 0 radical (unpaired) electrons. The van der Waals surface area contributed by atoms with Crippen molar-refractivity contribution in [3.05, 3.63) is 24.5 Å². The molecule has 110 valence electrons. The highest BCUT2D eigenvalue weighted by molar-refractivity contribution is 5.44. The Morgan fingerprint density at radius 2 is 1.90 bits per heavy atom. The quantitative estimate of drug-likeness (QED) is 0.883. The Labute approximate surface area is 121 Å². The molecule has 1 aromatic rings. The zero-order chi connectivity index (χ0) is 14.2. The van der Waals surface area contributed by atoms with Gasteiger partial charge in [0, 0.05) is 48.7 Å². The molecule has 3 rings (SSSR count). The third-order valence-electron chi connectivity index (χ3n) is 5.18.